The van der Waals surface area contributed by atoms with E-state index in [1.165, 1.54) is 6.20 Å². The van der Waals surface area contributed by atoms with Crippen LogP contribution in [0.1, 0.15) is 20.8 Å². The maximum Gasteiger partial charge on any atom is 0.256 e. The van der Waals surface area contributed by atoms with E-state index in [0.717, 1.165) is 5.39 Å². The molecule has 0 aliphatic heterocycles. The molecule has 0 fully saturated rings. The van der Waals surface area contributed by atoms with Gasteiger partial charge >= 0.3 is 0 Å². The molecular weight excluding hydrogens is 304 g/mol. The number of fused-ring (bicyclic) bond motifs is 1. The Morgan fingerprint density at radius 3 is 2.55 bits per heavy atom. The summed E-state index contributed by atoms with van der Waals surface area (Å²) in [6, 6.07) is 7.24. The molecule has 3 N–H and O–H groups in total. The number of pyridine rings is 1. The van der Waals surface area contributed by atoms with E-state index < -0.39 is 6.10 Å². The summed E-state index contributed by atoms with van der Waals surface area (Å²) >= 11 is 0. The molecule has 1 aromatic carbocycles. The first kappa shape index (κ1) is 18.5. The number of β-amino-alcohol motifs (C(OH)–C–C–N with tert-alkyl or cyclic N) is 1. The Bertz CT molecular complexity index is 664. The summed E-state index contributed by atoms with van der Waals surface area (Å²) in [6.07, 6.45) is 0.920. The molecule has 1 atom stereocenters. The SMILES string of the molecule is CC(C)(C)NCC(O)COc1c[nH]c(=O)c2ccccc12.Cl. The van der Waals surface area contributed by atoms with E-state index in [0.29, 0.717) is 17.7 Å². The van der Waals surface area contributed by atoms with Crippen LogP contribution in [0.5, 0.6) is 5.75 Å². The highest BCUT2D eigenvalue weighted by Gasteiger charge is 2.13. The fourth-order valence-electron chi connectivity index (χ4n) is 1.97. The number of aromatic amines is 1. The Labute approximate surface area is 136 Å². The number of nitrogens with one attached hydrogen (secondary N) is 2. The largest absolute Gasteiger partial charge is 0.489 e. The zero-order valence-electron chi connectivity index (χ0n) is 13.1. The highest BCUT2D eigenvalue weighted by molar-refractivity contribution is 5.87. The van der Waals surface area contributed by atoms with Crippen molar-refractivity contribution in [3.63, 3.8) is 0 Å². The molecule has 6 heteroatoms. The van der Waals surface area contributed by atoms with Crippen LogP contribution >= 0.6 is 12.4 Å². The van der Waals surface area contributed by atoms with E-state index in [2.05, 4.69) is 10.3 Å². The number of benzene rings is 1. The van der Waals surface area contributed by atoms with Crippen LogP contribution < -0.4 is 15.6 Å². The van der Waals surface area contributed by atoms with Gasteiger partial charge in [0.2, 0.25) is 0 Å². The third kappa shape index (κ3) is 5.02. The van der Waals surface area contributed by atoms with Gasteiger partial charge in [-0.15, -0.1) is 12.4 Å². The predicted octanol–water partition coefficient (Wildman–Crippen LogP) is 2.08. The number of hydrogen-bond donors (Lipinski definition) is 3. The van der Waals surface area contributed by atoms with Crippen molar-refractivity contribution < 1.29 is 9.84 Å². The second-order valence-corrected chi connectivity index (χ2v) is 6.12. The van der Waals surface area contributed by atoms with Crippen molar-refractivity contribution in [2.45, 2.75) is 32.4 Å². The molecule has 122 valence electrons. The molecule has 1 aromatic heterocycles. The van der Waals surface area contributed by atoms with Gasteiger partial charge in [0, 0.05) is 23.7 Å². The van der Waals surface area contributed by atoms with Crippen molar-refractivity contribution in [2.24, 2.45) is 0 Å². The number of rotatable bonds is 5. The van der Waals surface area contributed by atoms with Crippen LogP contribution in [0.4, 0.5) is 0 Å². The normalized spacial score (nSPS) is 12.7. The third-order valence-corrected chi connectivity index (χ3v) is 3.07. The van der Waals surface area contributed by atoms with Gasteiger partial charge in [-0.25, -0.2) is 0 Å². The van der Waals surface area contributed by atoms with Crippen molar-refractivity contribution in [1.82, 2.24) is 10.3 Å². The van der Waals surface area contributed by atoms with Crippen LogP contribution in [0.2, 0.25) is 0 Å². The lowest BCUT2D eigenvalue weighted by Gasteiger charge is -2.23. The van der Waals surface area contributed by atoms with E-state index in [-0.39, 0.29) is 30.1 Å². The molecule has 2 rings (SSSR count). The van der Waals surface area contributed by atoms with Gasteiger partial charge in [-0.3, -0.25) is 4.79 Å². The molecule has 22 heavy (non-hydrogen) atoms. The topological polar surface area (TPSA) is 74.3 Å². The van der Waals surface area contributed by atoms with Crippen LogP contribution in [-0.2, 0) is 0 Å². The fraction of sp³-hybridized carbons (Fsp3) is 0.438. The molecule has 0 amide bonds. The lowest BCUT2D eigenvalue weighted by molar-refractivity contribution is 0.101. The predicted molar refractivity (Wildman–Crippen MR) is 91.1 cm³/mol. The number of aliphatic hydroxyl groups excluding tert-OH is 1. The minimum absolute atomic E-state index is 0. The molecule has 1 unspecified atom stereocenters. The zero-order valence-corrected chi connectivity index (χ0v) is 13.9. The van der Waals surface area contributed by atoms with Gasteiger partial charge in [0.1, 0.15) is 18.5 Å². The number of halogens is 1. The van der Waals surface area contributed by atoms with Gasteiger partial charge < -0.3 is 20.1 Å². The van der Waals surface area contributed by atoms with Crippen molar-refractivity contribution in [3.05, 3.63) is 40.8 Å². The van der Waals surface area contributed by atoms with Gasteiger partial charge in [0.25, 0.3) is 5.56 Å². The number of H-pyrrole nitrogens is 1. The van der Waals surface area contributed by atoms with Crippen LogP contribution in [0, 0.1) is 0 Å². The molecule has 0 radical (unpaired) electrons. The Hall–Kier alpha value is -1.56. The van der Waals surface area contributed by atoms with Crippen molar-refractivity contribution in [3.8, 4) is 5.75 Å². The van der Waals surface area contributed by atoms with E-state index in [4.69, 9.17) is 4.74 Å². The summed E-state index contributed by atoms with van der Waals surface area (Å²) in [5, 5.41) is 14.5. The van der Waals surface area contributed by atoms with Crippen LogP contribution in [0.15, 0.2) is 35.3 Å². The van der Waals surface area contributed by atoms with Crippen molar-refractivity contribution in [2.75, 3.05) is 13.2 Å². The second-order valence-electron chi connectivity index (χ2n) is 6.12. The molecule has 0 aliphatic rings. The Morgan fingerprint density at radius 1 is 1.27 bits per heavy atom. The van der Waals surface area contributed by atoms with Crippen LogP contribution in [0.3, 0.4) is 0 Å². The van der Waals surface area contributed by atoms with Crippen molar-refractivity contribution >= 4 is 23.2 Å². The molecule has 0 bridgehead atoms. The molecule has 0 saturated heterocycles. The summed E-state index contributed by atoms with van der Waals surface area (Å²) < 4.78 is 5.64. The third-order valence-electron chi connectivity index (χ3n) is 3.07. The molecule has 0 saturated carbocycles. The number of hydrogen-bond acceptors (Lipinski definition) is 4. The summed E-state index contributed by atoms with van der Waals surface area (Å²) in [6.45, 7) is 6.73. The van der Waals surface area contributed by atoms with Gasteiger partial charge in [0.05, 0.1) is 5.39 Å². The van der Waals surface area contributed by atoms with E-state index in [1.54, 1.807) is 6.07 Å². The molecule has 1 heterocycles. The summed E-state index contributed by atoms with van der Waals surface area (Å²) in [5.41, 5.74) is -0.195. The Morgan fingerprint density at radius 2 is 1.91 bits per heavy atom. The monoisotopic (exact) mass is 326 g/mol. The van der Waals surface area contributed by atoms with E-state index in [9.17, 15) is 9.90 Å². The zero-order chi connectivity index (χ0) is 15.5. The van der Waals surface area contributed by atoms with E-state index >= 15 is 0 Å². The first-order valence-corrected chi connectivity index (χ1v) is 7.03. The highest BCUT2D eigenvalue weighted by atomic mass is 35.5. The molecular formula is C16H23ClN2O3. The van der Waals surface area contributed by atoms with E-state index in [1.807, 2.05) is 39.0 Å². The summed E-state index contributed by atoms with van der Waals surface area (Å²) in [4.78, 5) is 14.4. The number of aromatic nitrogens is 1. The fourth-order valence-corrected chi connectivity index (χ4v) is 1.97. The quantitative estimate of drug-likeness (QED) is 0.786. The van der Waals surface area contributed by atoms with Gasteiger partial charge in [-0.2, -0.15) is 0 Å². The van der Waals surface area contributed by atoms with Gasteiger partial charge in [0.15, 0.2) is 0 Å². The molecule has 0 aliphatic carbocycles. The molecule has 2 aromatic rings. The summed E-state index contributed by atoms with van der Waals surface area (Å²) in [5.74, 6) is 0.569. The lowest BCUT2D eigenvalue weighted by atomic mass is 10.1. The lowest BCUT2D eigenvalue weighted by Crippen LogP contribution is -2.42. The highest BCUT2D eigenvalue weighted by Crippen LogP contribution is 2.21. The maximum absolute atomic E-state index is 11.7. The maximum atomic E-state index is 11.7. The Kier molecular flexibility index (Phi) is 6.41. The average molecular weight is 327 g/mol. The standard InChI is InChI=1S/C16H22N2O3.ClH/c1-16(2,3)18-8-11(19)10-21-14-9-17-15(20)13-7-5-4-6-12(13)14;/h4-7,9,11,18-19H,8,10H2,1-3H3,(H,17,20);1H. The first-order chi connectivity index (χ1) is 9.87. The van der Waals surface area contributed by atoms with Crippen LogP contribution in [0.25, 0.3) is 10.8 Å². The average Bonchev–Trinajstić information content (AvgIpc) is 2.44. The summed E-state index contributed by atoms with van der Waals surface area (Å²) in [7, 11) is 0. The minimum atomic E-state index is -0.616. The van der Waals surface area contributed by atoms with Gasteiger partial charge in [-0.05, 0) is 26.8 Å². The second kappa shape index (κ2) is 7.63. The smallest absolute Gasteiger partial charge is 0.256 e. The van der Waals surface area contributed by atoms with Gasteiger partial charge in [-0.1, -0.05) is 18.2 Å². The van der Waals surface area contributed by atoms with Crippen molar-refractivity contribution in [1.29, 1.82) is 0 Å². The number of aliphatic hydroxyl groups is 1. The first-order valence-electron chi connectivity index (χ1n) is 7.03. The number of ether oxygens (including phenoxy) is 1. The van der Waals surface area contributed by atoms with Crippen LogP contribution in [-0.4, -0.2) is 34.9 Å². The Balaban J connectivity index is 0.00000242. The molecule has 0 spiro atoms. The molecule has 5 nitrogen and oxygen atoms in total. The minimum Gasteiger partial charge on any atom is -0.489 e.